The van der Waals surface area contributed by atoms with Crippen molar-refractivity contribution in [1.29, 1.82) is 0 Å². The molecule has 0 saturated carbocycles. The Bertz CT molecular complexity index is 1290. The van der Waals surface area contributed by atoms with Crippen molar-refractivity contribution in [3.63, 3.8) is 0 Å². The highest BCUT2D eigenvalue weighted by Crippen LogP contribution is 2.32. The summed E-state index contributed by atoms with van der Waals surface area (Å²) in [6, 6.07) is 17.3. The van der Waals surface area contributed by atoms with Gasteiger partial charge in [-0.15, -0.1) is 0 Å². The van der Waals surface area contributed by atoms with Crippen molar-refractivity contribution in [2.75, 3.05) is 12.1 Å². The highest BCUT2D eigenvalue weighted by Gasteiger charge is 2.17. The summed E-state index contributed by atoms with van der Waals surface area (Å²) < 4.78 is 16.3. The second-order valence-corrected chi connectivity index (χ2v) is 8.38. The van der Waals surface area contributed by atoms with Gasteiger partial charge < -0.3 is 19.5 Å². The minimum Gasteiger partial charge on any atom is -0.481 e. The molecule has 35 heavy (non-hydrogen) atoms. The summed E-state index contributed by atoms with van der Waals surface area (Å²) in [5, 5.41) is 7.61. The highest BCUT2D eigenvalue weighted by molar-refractivity contribution is 6.30. The molecule has 0 aromatic heterocycles. The van der Waals surface area contributed by atoms with E-state index >= 15 is 0 Å². The van der Waals surface area contributed by atoms with Crippen LogP contribution in [0, 0.1) is 6.92 Å². The van der Waals surface area contributed by atoms with Gasteiger partial charge >= 0.3 is 0 Å². The van der Waals surface area contributed by atoms with Crippen LogP contribution in [-0.2, 0) is 4.79 Å². The van der Waals surface area contributed by atoms with Gasteiger partial charge in [0.1, 0.15) is 5.75 Å². The number of amides is 2. The number of nitrogens with zero attached hydrogens (tertiary/aromatic N) is 1. The number of halogens is 1. The van der Waals surface area contributed by atoms with Gasteiger partial charge in [0.05, 0.1) is 5.71 Å². The lowest BCUT2D eigenvalue weighted by Crippen LogP contribution is -2.30. The van der Waals surface area contributed by atoms with Gasteiger partial charge in [-0.3, -0.25) is 9.59 Å². The first kappa shape index (κ1) is 24.1. The molecule has 0 bridgehead atoms. The minimum absolute atomic E-state index is 0.141. The molecule has 1 aliphatic heterocycles. The van der Waals surface area contributed by atoms with E-state index < -0.39 is 6.10 Å². The van der Waals surface area contributed by atoms with E-state index in [1.807, 2.05) is 6.92 Å². The van der Waals surface area contributed by atoms with Crippen molar-refractivity contribution in [3.05, 3.63) is 82.4 Å². The van der Waals surface area contributed by atoms with E-state index in [1.165, 1.54) is 0 Å². The van der Waals surface area contributed by atoms with Crippen LogP contribution >= 0.6 is 11.6 Å². The smallest absolute Gasteiger partial charge is 0.271 e. The predicted octanol–water partition coefficient (Wildman–Crippen LogP) is 4.94. The number of rotatable bonds is 7. The van der Waals surface area contributed by atoms with Crippen LogP contribution in [0.3, 0.4) is 0 Å². The van der Waals surface area contributed by atoms with Gasteiger partial charge in [0.25, 0.3) is 11.8 Å². The molecule has 0 fully saturated rings. The van der Waals surface area contributed by atoms with Crippen molar-refractivity contribution >= 4 is 34.8 Å². The number of benzene rings is 3. The van der Waals surface area contributed by atoms with Crippen LogP contribution in [0.1, 0.15) is 35.3 Å². The second-order valence-electron chi connectivity index (χ2n) is 7.94. The van der Waals surface area contributed by atoms with Crippen molar-refractivity contribution in [2.24, 2.45) is 5.10 Å². The Kier molecular flexibility index (Phi) is 7.22. The van der Waals surface area contributed by atoms with Crippen molar-refractivity contribution in [2.45, 2.75) is 26.9 Å². The van der Waals surface area contributed by atoms with E-state index in [4.69, 9.17) is 25.8 Å². The quantitative estimate of drug-likeness (QED) is 0.359. The van der Waals surface area contributed by atoms with Crippen LogP contribution in [0.15, 0.2) is 65.8 Å². The van der Waals surface area contributed by atoms with Crippen molar-refractivity contribution < 1.29 is 23.8 Å². The first-order chi connectivity index (χ1) is 16.8. The summed E-state index contributed by atoms with van der Waals surface area (Å²) in [5.74, 6) is 1.08. The van der Waals surface area contributed by atoms with Gasteiger partial charge in [0.2, 0.25) is 6.79 Å². The molecule has 0 radical (unpaired) electrons. The summed E-state index contributed by atoms with van der Waals surface area (Å²) in [4.78, 5) is 25.0. The largest absolute Gasteiger partial charge is 0.481 e. The lowest BCUT2D eigenvalue weighted by atomic mass is 10.1. The van der Waals surface area contributed by atoms with E-state index in [2.05, 4.69) is 15.8 Å². The Hall–Kier alpha value is -4.04. The third-order valence-electron chi connectivity index (χ3n) is 5.34. The molecule has 0 saturated heterocycles. The van der Waals surface area contributed by atoms with Crippen LogP contribution < -0.4 is 25.0 Å². The van der Waals surface area contributed by atoms with E-state index in [9.17, 15) is 9.59 Å². The predicted molar refractivity (Wildman–Crippen MR) is 134 cm³/mol. The van der Waals surface area contributed by atoms with Crippen LogP contribution in [0.2, 0.25) is 5.02 Å². The van der Waals surface area contributed by atoms with Crippen LogP contribution in [0.5, 0.6) is 17.2 Å². The number of hydrazone groups is 1. The third-order valence-corrected chi connectivity index (χ3v) is 5.58. The first-order valence-electron chi connectivity index (χ1n) is 10.9. The van der Waals surface area contributed by atoms with Gasteiger partial charge in [-0.05, 0) is 80.4 Å². The first-order valence-corrected chi connectivity index (χ1v) is 11.3. The maximum atomic E-state index is 12.5. The zero-order valence-corrected chi connectivity index (χ0v) is 20.2. The Morgan fingerprint density at radius 1 is 1.00 bits per heavy atom. The Balaban J connectivity index is 1.33. The maximum Gasteiger partial charge on any atom is 0.271 e. The molecule has 1 unspecified atom stereocenters. The van der Waals surface area contributed by atoms with Crippen molar-refractivity contribution in [3.8, 4) is 17.2 Å². The number of carbonyl (C=O) groups is 2. The minimum atomic E-state index is -0.704. The molecule has 1 heterocycles. The summed E-state index contributed by atoms with van der Waals surface area (Å²) >= 11 is 5.97. The molecule has 0 spiro atoms. The fourth-order valence-corrected chi connectivity index (χ4v) is 3.56. The topological polar surface area (TPSA) is 98.3 Å². The molecule has 3 aromatic carbocycles. The second kappa shape index (κ2) is 10.5. The van der Waals surface area contributed by atoms with E-state index in [-0.39, 0.29) is 18.6 Å². The Morgan fingerprint density at radius 2 is 1.71 bits per heavy atom. The molecule has 2 N–H and O–H groups in total. The van der Waals surface area contributed by atoms with Crippen molar-refractivity contribution in [1.82, 2.24) is 5.43 Å². The maximum absolute atomic E-state index is 12.5. The Labute approximate surface area is 207 Å². The number of ether oxygens (including phenoxy) is 3. The van der Waals surface area contributed by atoms with E-state index in [1.54, 1.807) is 74.5 Å². The van der Waals surface area contributed by atoms with E-state index in [0.717, 1.165) is 11.1 Å². The number of fused-ring (bicyclic) bond motifs is 1. The summed E-state index contributed by atoms with van der Waals surface area (Å²) in [5.41, 5.74) is 5.80. The van der Waals surface area contributed by atoms with Gasteiger partial charge in [0.15, 0.2) is 17.6 Å². The average Bonchev–Trinajstić information content (AvgIpc) is 3.32. The van der Waals surface area contributed by atoms with Crippen LogP contribution in [0.4, 0.5) is 5.69 Å². The normalized spacial score (nSPS) is 13.2. The monoisotopic (exact) mass is 493 g/mol. The lowest BCUT2D eigenvalue weighted by molar-refractivity contribution is -0.122. The Morgan fingerprint density at radius 3 is 2.46 bits per heavy atom. The molecule has 3 aromatic rings. The number of aryl methyl sites for hydroxylation is 1. The number of carbonyl (C=O) groups excluding carboxylic acids is 2. The summed E-state index contributed by atoms with van der Waals surface area (Å²) in [7, 11) is 0. The highest BCUT2D eigenvalue weighted by atomic mass is 35.5. The fourth-order valence-electron chi connectivity index (χ4n) is 3.33. The molecular weight excluding hydrogens is 470 g/mol. The third kappa shape index (κ3) is 5.91. The SMILES string of the molecule is C/C(=N/NC(=O)c1ccc2c(c1)OCO2)c1ccc(NC(=O)C(C)Oc2ccc(Cl)cc2C)cc1. The van der Waals surface area contributed by atoms with Gasteiger partial charge in [-0.1, -0.05) is 23.7 Å². The molecule has 9 heteroatoms. The molecular formula is C26H24ClN3O5. The summed E-state index contributed by atoms with van der Waals surface area (Å²) in [6.07, 6.45) is -0.704. The summed E-state index contributed by atoms with van der Waals surface area (Å²) in [6.45, 7) is 5.46. The number of anilines is 1. The molecule has 8 nitrogen and oxygen atoms in total. The average molecular weight is 494 g/mol. The van der Waals surface area contributed by atoms with Crippen LogP contribution in [0.25, 0.3) is 0 Å². The van der Waals surface area contributed by atoms with Gasteiger partial charge in [0, 0.05) is 16.3 Å². The fraction of sp³-hybridized carbons (Fsp3) is 0.192. The molecule has 1 atom stereocenters. The number of hydrogen-bond donors (Lipinski definition) is 2. The number of nitrogens with one attached hydrogen (secondary N) is 2. The van der Waals surface area contributed by atoms with Crippen LogP contribution in [-0.4, -0.2) is 30.4 Å². The van der Waals surface area contributed by atoms with Gasteiger partial charge in [-0.25, -0.2) is 5.43 Å². The zero-order valence-electron chi connectivity index (χ0n) is 19.4. The van der Waals surface area contributed by atoms with Gasteiger partial charge in [-0.2, -0.15) is 5.10 Å². The molecule has 4 rings (SSSR count). The lowest BCUT2D eigenvalue weighted by Gasteiger charge is -2.16. The standard InChI is InChI=1S/C26H24ClN3O5/c1-15-12-20(27)7-11-22(15)35-17(3)25(31)28-21-8-4-18(5-9-21)16(2)29-30-26(32)19-6-10-23-24(13-19)34-14-33-23/h4-13,17H,14H2,1-3H3,(H,28,31)(H,30,32)/b29-16-. The number of hydrogen-bond acceptors (Lipinski definition) is 6. The molecule has 2 amide bonds. The molecule has 1 aliphatic rings. The van der Waals surface area contributed by atoms with E-state index in [0.29, 0.717) is 39.2 Å². The zero-order chi connectivity index (χ0) is 24.9. The molecule has 0 aliphatic carbocycles. The molecule has 180 valence electrons.